The highest BCUT2D eigenvalue weighted by Crippen LogP contribution is 2.05. The second-order valence-electron chi connectivity index (χ2n) is 3.14. The zero-order chi connectivity index (χ0) is 8.81. The number of thiol groups is 1. The van der Waals surface area contributed by atoms with Crippen molar-refractivity contribution >= 4 is 18.5 Å². The van der Waals surface area contributed by atoms with Crippen molar-refractivity contribution in [1.29, 1.82) is 0 Å². The smallest absolute Gasteiger partial charge is 0.220 e. The van der Waals surface area contributed by atoms with Gasteiger partial charge in [0, 0.05) is 13.0 Å². The van der Waals surface area contributed by atoms with Crippen molar-refractivity contribution in [2.45, 2.75) is 12.8 Å². The topological polar surface area (TPSA) is 41.1 Å². The first-order chi connectivity index (χ1) is 5.83. The van der Waals surface area contributed by atoms with Gasteiger partial charge in [0.25, 0.3) is 0 Å². The summed E-state index contributed by atoms with van der Waals surface area (Å²) in [6.45, 7) is 2.95. The maximum atomic E-state index is 11.0. The van der Waals surface area contributed by atoms with Crippen molar-refractivity contribution in [2.24, 2.45) is 5.92 Å². The molecule has 12 heavy (non-hydrogen) atoms. The van der Waals surface area contributed by atoms with Crippen molar-refractivity contribution in [3.63, 3.8) is 0 Å². The summed E-state index contributed by atoms with van der Waals surface area (Å²) in [5.74, 6) is 1.39. The zero-order valence-electron chi connectivity index (χ0n) is 7.18. The molecule has 1 amide bonds. The van der Waals surface area contributed by atoms with E-state index in [1.807, 2.05) is 0 Å². The Labute approximate surface area is 78.7 Å². The minimum Gasteiger partial charge on any atom is -0.356 e. The largest absolute Gasteiger partial charge is 0.356 e. The van der Waals surface area contributed by atoms with Crippen LogP contribution in [0.5, 0.6) is 0 Å². The average Bonchev–Trinajstić information content (AvgIpc) is 2.53. The molecule has 0 aromatic heterocycles. The van der Waals surface area contributed by atoms with E-state index in [0.29, 0.717) is 18.1 Å². The Morgan fingerprint density at radius 3 is 3.08 bits per heavy atom. The summed E-state index contributed by atoms with van der Waals surface area (Å²) in [4.78, 5) is 11.0. The number of hydrogen-bond donors (Lipinski definition) is 3. The van der Waals surface area contributed by atoms with E-state index < -0.39 is 0 Å². The Hall–Kier alpha value is -0.220. The van der Waals surface area contributed by atoms with Crippen LogP contribution in [0.15, 0.2) is 0 Å². The molecule has 0 aliphatic carbocycles. The molecule has 1 rings (SSSR count). The molecule has 0 bridgehead atoms. The van der Waals surface area contributed by atoms with Crippen LogP contribution < -0.4 is 10.6 Å². The van der Waals surface area contributed by atoms with Crippen molar-refractivity contribution in [3.8, 4) is 0 Å². The van der Waals surface area contributed by atoms with Gasteiger partial charge in [0.2, 0.25) is 5.91 Å². The quantitative estimate of drug-likeness (QED) is 0.545. The molecular weight excluding hydrogens is 172 g/mol. The van der Waals surface area contributed by atoms with Crippen molar-refractivity contribution in [2.75, 3.05) is 25.4 Å². The first-order valence-corrected chi connectivity index (χ1v) is 5.04. The molecule has 0 saturated carbocycles. The maximum absolute atomic E-state index is 11.0. The third-order valence-electron chi connectivity index (χ3n) is 2.09. The molecule has 1 saturated heterocycles. The molecule has 4 heteroatoms. The molecule has 0 spiro atoms. The van der Waals surface area contributed by atoms with Crippen LogP contribution in [-0.2, 0) is 4.79 Å². The van der Waals surface area contributed by atoms with Gasteiger partial charge in [-0.05, 0) is 31.2 Å². The molecule has 3 nitrogen and oxygen atoms in total. The first-order valence-electron chi connectivity index (χ1n) is 4.41. The Bertz CT molecular complexity index is 146. The van der Waals surface area contributed by atoms with Gasteiger partial charge in [-0.1, -0.05) is 0 Å². The van der Waals surface area contributed by atoms with Crippen LogP contribution in [0.1, 0.15) is 12.8 Å². The molecule has 1 fully saturated rings. The summed E-state index contributed by atoms with van der Waals surface area (Å²) >= 11 is 3.99. The van der Waals surface area contributed by atoms with Crippen LogP contribution >= 0.6 is 12.6 Å². The second kappa shape index (κ2) is 5.43. The highest BCUT2D eigenvalue weighted by Gasteiger charge is 2.14. The molecule has 0 aromatic rings. The molecule has 1 heterocycles. The summed E-state index contributed by atoms with van der Waals surface area (Å²) in [7, 11) is 0. The van der Waals surface area contributed by atoms with Crippen LogP contribution in [0.25, 0.3) is 0 Å². The Morgan fingerprint density at radius 1 is 1.67 bits per heavy atom. The van der Waals surface area contributed by atoms with E-state index in [1.165, 1.54) is 6.42 Å². The van der Waals surface area contributed by atoms with Gasteiger partial charge in [0.15, 0.2) is 0 Å². The van der Waals surface area contributed by atoms with Gasteiger partial charge in [-0.25, -0.2) is 0 Å². The van der Waals surface area contributed by atoms with E-state index in [2.05, 4.69) is 23.3 Å². The number of amides is 1. The van der Waals surface area contributed by atoms with E-state index >= 15 is 0 Å². The van der Waals surface area contributed by atoms with Gasteiger partial charge >= 0.3 is 0 Å². The third kappa shape index (κ3) is 3.45. The fourth-order valence-electron chi connectivity index (χ4n) is 1.34. The Morgan fingerprint density at radius 2 is 2.50 bits per heavy atom. The van der Waals surface area contributed by atoms with Crippen LogP contribution in [0, 0.1) is 5.92 Å². The summed E-state index contributed by atoms with van der Waals surface area (Å²) in [6.07, 6.45) is 1.71. The van der Waals surface area contributed by atoms with Gasteiger partial charge in [0.1, 0.15) is 0 Å². The molecule has 1 unspecified atom stereocenters. The molecular formula is C8H16N2OS. The van der Waals surface area contributed by atoms with Crippen molar-refractivity contribution < 1.29 is 4.79 Å². The lowest BCUT2D eigenvalue weighted by atomic mass is 10.1. The number of rotatable bonds is 4. The van der Waals surface area contributed by atoms with Gasteiger partial charge in [0.05, 0.1) is 0 Å². The van der Waals surface area contributed by atoms with Crippen molar-refractivity contribution in [1.82, 2.24) is 10.6 Å². The van der Waals surface area contributed by atoms with E-state index in [4.69, 9.17) is 0 Å². The van der Waals surface area contributed by atoms with Gasteiger partial charge in [-0.15, -0.1) is 0 Å². The molecule has 1 aliphatic rings. The number of carbonyl (C=O) groups is 1. The standard InChI is InChI=1S/C8H16N2OS/c11-8(2-4-12)10-6-7-1-3-9-5-7/h7,9,12H,1-6H2,(H,10,11). The van der Waals surface area contributed by atoms with E-state index in [1.54, 1.807) is 0 Å². The predicted molar refractivity (Wildman–Crippen MR) is 52.5 cm³/mol. The fraction of sp³-hybridized carbons (Fsp3) is 0.875. The lowest BCUT2D eigenvalue weighted by molar-refractivity contribution is -0.120. The first kappa shape index (κ1) is 9.86. The third-order valence-corrected chi connectivity index (χ3v) is 2.31. The second-order valence-corrected chi connectivity index (χ2v) is 3.58. The summed E-state index contributed by atoms with van der Waals surface area (Å²) in [5.41, 5.74) is 0. The summed E-state index contributed by atoms with van der Waals surface area (Å²) < 4.78 is 0. The normalized spacial score (nSPS) is 22.6. The highest BCUT2D eigenvalue weighted by atomic mass is 32.1. The molecule has 2 N–H and O–H groups in total. The SMILES string of the molecule is O=C(CCS)NCC1CCNC1. The molecule has 0 radical (unpaired) electrons. The monoisotopic (exact) mass is 188 g/mol. The highest BCUT2D eigenvalue weighted by molar-refractivity contribution is 7.80. The predicted octanol–water partition coefficient (Wildman–Crippen LogP) is 0.0320. The number of nitrogens with one attached hydrogen (secondary N) is 2. The van der Waals surface area contributed by atoms with Crippen LogP contribution in [0.2, 0.25) is 0 Å². The Balaban J connectivity index is 2.03. The van der Waals surface area contributed by atoms with Crippen molar-refractivity contribution in [3.05, 3.63) is 0 Å². The maximum Gasteiger partial charge on any atom is 0.220 e. The minimum atomic E-state index is 0.122. The van der Waals surface area contributed by atoms with Gasteiger partial charge in [-0.3, -0.25) is 4.79 Å². The lowest BCUT2D eigenvalue weighted by Crippen LogP contribution is -2.30. The molecule has 70 valence electrons. The van der Waals surface area contributed by atoms with E-state index in [-0.39, 0.29) is 5.91 Å². The summed E-state index contributed by atoms with van der Waals surface area (Å²) in [6, 6.07) is 0. The van der Waals surface area contributed by atoms with Crippen LogP contribution in [-0.4, -0.2) is 31.3 Å². The number of carbonyl (C=O) groups excluding carboxylic acids is 1. The van der Waals surface area contributed by atoms with Crippen LogP contribution in [0.3, 0.4) is 0 Å². The molecule has 0 aromatic carbocycles. The van der Waals surface area contributed by atoms with E-state index in [9.17, 15) is 4.79 Å². The summed E-state index contributed by atoms with van der Waals surface area (Å²) in [5, 5.41) is 6.16. The zero-order valence-corrected chi connectivity index (χ0v) is 8.07. The Kier molecular flexibility index (Phi) is 4.46. The molecule has 1 atom stereocenters. The van der Waals surface area contributed by atoms with Gasteiger partial charge < -0.3 is 10.6 Å². The lowest BCUT2D eigenvalue weighted by Gasteiger charge is -2.08. The average molecular weight is 188 g/mol. The number of hydrogen-bond acceptors (Lipinski definition) is 3. The van der Waals surface area contributed by atoms with E-state index in [0.717, 1.165) is 19.6 Å². The minimum absolute atomic E-state index is 0.122. The van der Waals surface area contributed by atoms with Gasteiger partial charge in [-0.2, -0.15) is 12.6 Å². The van der Waals surface area contributed by atoms with Crippen LogP contribution in [0.4, 0.5) is 0 Å². The fourth-order valence-corrected chi connectivity index (χ4v) is 1.54. The molecule has 1 aliphatic heterocycles.